The maximum absolute atomic E-state index is 12.6. The van der Waals surface area contributed by atoms with Gasteiger partial charge in [-0.15, -0.1) is 0 Å². The van der Waals surface area contributed by atoms with Crippen LogP contribution in [0.15, 0.2) is 53.3 Å². The third-order valence-electron chi connectivity index (χ3n) is 4.13. The molecule has 1 aliphatic rings. The number of amides is 1. The number of aromatic amines is 1. The van der Waals surface area contributed by atoms with Crippen LogP contribution in [0.3, 0.4) is 0 Å². The summed E-state index contributed by atoms with van der Waals surface area (Å²) in [6.07, 6.45) is 4.83. The Bertz CT molecular complexity index is 795. The first kappa shape index (κ1) is 13.8. The van der Waals surface area contributed by atoms with Crippen LogP contribution in [0, 0.1) is 0 Å². The Hall–Kier alpha value is -2.89. The number of rotatable bonds is 3. The first-order chi connectivity index (χ1) is 11.3. The Morgan fingerprint density at radius 3 is 2.91 bits per heavy atom. The lowest BCUT2D eigenvalue weighted by Gasteiger charge is -2.22. The summed E-state index contributed by atoms with van der Waals surface area (Å²) in [4.78, 5) is 19.0. The average molecular weight is 308 g/mol. The second-order valence-electron chi connectivity index (χ2n) is 5.58. The molecule has 0 saturated carbocycles. The molecule has 0 aliphatic carbocycles. The predicted octanol–water partition coefficient (Wildman–Crippen LogP) is 3.04. The zero-order valence-electron chi connectivity index (χ0n) is 12.5. The van der Waals surface area contributed by atoms with Crippen molar-refractivity contribution in [2.24, 2.45) is 0 Å². The van der Waals surface area contributed by atoms with Crippen LogP contribution in [-0.2, 0) is 0 Å². The van der Waals surface area contributed by atoms with Crippen LogP contribution in [-0.4, -0.2) is 32.5 Å². The Morgan fingerprint density at radius 1 is 1.26 bits per heavy atom. The van der Waals surface area contributed by atoms with E-state index in [4.69, 9.17) is 4.42 Å². The van der Waals surface area contributed by atoms with Crippen LogP contribution in [0.4, 0.5) is 0 Å². The van der Waals surface area contributed by atoms with E-state index < -0.39 is 0 Å². The number of carbonyl (C=O) groups is 1. The van der Waals surface area contributed by atoms with Crippen molar-refractivity contribution in [3.05, 3.63) is 60.3 Å². The second-order valence-corrected chi connectivity index (χ2v) is 5.58. The molecule has 1 aromatic carbocycles. The van der Waals surface area contributed by atoms with Crippen LogP contribution < -0.4 is 0 Å². The van der Waals surface area contributed by atoms with Gasteiger partial charge in [-0.05, 0) is 18.9 Å². The Kier molecular flexibility index (Phi) is 3.42. The highest BCUT2D eigenvalue weighted by molar-refractivity contribution is 5.94. The lowest BCUT2D eigenvalue weighted by molar-refractivity contribution is 0.0729. The predicted molar refractivity (Wildman–Crippen MR) is 83.5 cm³/mol. The van der Waals surface area contributed by atoms with Crippen LogP contribution in [0.1, 0.15) is 35.1 Å². The standard InChI is InChI=1S/C17H16N4O2/c22-17(13-8-10-23-11-13)21-9-4-7-14(21)16-18-15(19-20-16)12-5-2-1-3-6-12/h1-3,5-6,8,10-11,14H,4,7,9H2,(H,18,19,20)/t14-/m0/s1. The van der Waals surface area contributed by atoms with Gasteiger partial charge in [-0.25, -0.2) is 4.98 Å². The number of nitrogens with zero attached hydrogens (tertiary/aromatic N) is 3. The summed E-state index contributed by atoms with van der Waals surface area (Å²) in [5.41, 5.74) is 1.53. The maximum Gasteiger partial charge on any atom is 0.257 e. The fraction of sp³-hybridized carbons (Fsp3) is 0.235. The van der Waals surface area contributed by atoms with Gasteiger partial charge in [-0.2, -0.15) is 5.10 Å². The number of hydrogen-bond donors (Lipinski definition) is 1. The third-order valence-corrected chi connectivity index (χ3v) is 4.13. The zero-order valence-corrected chi connectivity index (χ0v) is 12.5. The third kappa shape index (κ3) is 2.52. The lowest BCUT2D eigenvalue weighted by atomic mass is 10.2. The van der Waals surface area contributed by atoms with Crippen molar-refractivity contribution in [1.29, 1.82) is 0 Å². The number of hydrogen-bond acceptors (Lipinski definition) is 4. The molecule has 2 aromatic heterocycles. The average Bonchev–Trinajstić information content (AvgIpc) is 3.35. The summed E-state index contributed by atoms with van der Waals surface area (Å²) in [5.74, 6) is 1.36. The molecule has 6 nitrogen and oxygen atoms in total. The van der Waals surface area contributed by atoms with Crippen molar-refractivity contribution in [3.8, 4) is 11.4 Å². The molecule has 3 heterocycles. The van der Waals surface area contributed by atoms with E-state index in [-0.39, 0.29) is 11.9 Å². The number of furan rings is 1. The molecule has 1 amide bonds. The fourth-order valence-electron chi connectivity index (χ4n) is 2.99. The van der Waals surface area contributed by atoms with Gasteiger partial charge in [0.2, 0.25) is 0 Å². The van der Waals surface area contributed by atoms with Crippen LogP contribution in [0.25, 0.3) is 11.4 Å². The lowest BCUT2D eigenvalue weighted by Crippen LogP contribution is -2.30. The highest BCUT2D eigenvalue weighted by Crippen LogP contribution is 2.32. The van der Waals surface area contributed by atoms with Crippen molar-refractivity contribution >= 4 is 5.91 Å². The number of nitrogens with one attached hydrogen (secondary N) is 1. The second kappa shape index (κ2) is 5.72. The van der Waals surface area contributed by atoms with Gasteiger partial charge >= 0.3 is 0 Å². The number of H-pyrrole nitrogens is 1. The Balaban J connectivity index is 1.60. The topological polar surface area (TPSA) is 75.0 Å². The molecular weight excluding hydrogens is 292 g/mol. The summed E-state index contributed by atoms with van der Waals surface area (Å²) < 4.78 is 5.01. The maximum atomic E-state index is 12.6. The molecule has 0 bridgehead atoms. The first-order valence-corrected chi connectivity index (χ1v) is 7.64. The van der Waals surface area contributed by atoms with Gasteiger partial charge in [0, 0.05) is 12.1 Å². The molecule has 0 unspecified atom stereocenters. The minimum absolute atomic E-state index is 0.0288. The van der Waals surface area contributed by atoms with Gasteiger partial charge in [0.15, 0.2) is 5.82 Å². The molecule has 6 heteroatoms. The van der Waals surface area contributed by atoms with Gasteiger partial charge in [-0.3, -0.25) is 9.89 Å². The molecule has 23 heavy (non-hydrogen) atoms. The number of carbonyl (C=O) groups excluding carboxylic acids is 1. The monoisotopic (exact) mass is 308 g/mol. The van der Waals surface area contributed by atoms with E-state index in [1.54, 1.807) is 6.07 Å². The largest absolute Gasteiger partial charge is 0.472 e. The number of benzene rings is 1. The van der Waals surface area contributed by atoms with E-state index in [1.165, 1.54) is 12.5 Å². The van der Waals surface area contributed by atoms with Crippen LogP contribution in [0.2, 0.25) is 0 Å². The van der Waals surface area contributed by atoms with Crippen LogP contribution >= 0.6 is 0 Å². The summed E-state index contributed by atoms with van der Waals surface area (Å²) in [6, 6.07) is 11.4. The van der Waals surface area contributed by atoms with Gasteiger partial charge in [0.05, 0.1) is 17.9 Å². The van der Waals surface area contributed by atoms with Crippen molar-refractivity contribution in [1.82, 2.24) is 20.1 Å². The van der Waals surface area contributed by atoms with E-state index in [1.807, 2.05) is 35.2 Å². The summed E-state index contributed by atoms with van der Waals surface area (Å²) in [7, 11) is 0. The summed E-state index contributed by atoms with van der Waals surface area (Å²) in [5, 5.41) is 7.29. The minimum atomic E-state index is -0.0673. The normalized spacial score (nSPS) is 17.6. The van der Waals surface area contributed by atoms with Gasteiger partial charge in [0.25, 0.3) is 5.91 Å². The first-order valence-electron chi connectivity index (χ1n) is 7.64. The summed E-state index contributed by atoms with van der Waals surface area (Å²) >= 11 is 0. The van der Waals surface area contributed by atoms with E-state index in [9.17, 15) is 4.79 Å². The SMILES string of the molecule is O=C(c1ccoc1)N1CCC[C@H]1c1nc(-c2ccccc2)n[nH]1. The van der Waals surface area contributed by atoms with Crippen molar-refractivity contribution in [2.75, 3.05) is 6.54 Å². The highest BCUT2D eigenvalue weighted by Gasteiger charge is 2.33. The van der Waals surface area contributed by atoms with Gasteiger partial charge in [-0.1, -0.05) is 30.3 Å². The molecule has 1 atom stereocenters. The van der Waals surface area contributed by atoms with Gasteiger partial charge in [0.1, 0.15) is 12.1 Å². The smallest absolute Gasteiger partial charge is 0.257 e. The zero-order chi connectivity index (χ0) is 15.6. The molecule has 1 saturated heterocycles. The van der Waals surface area contributed by atoms with Crippen LogP contribution in [0.5, 0.6) is 0 Å². The highest BCUT2D eigenvalue weighted by atomic mass is 16.3. The minimum Gasteiger partial charge on any atom is -0.472 e. The molecule has 0 spiro atoms. The van der Waals surface area contributed by atoms with Crippen molar-refractivity contribution < 1.29 is 9.21 Å². The van der Waals surface area contributed by atoms with E-state index in [2.05, 4.69) is 15.2 Å². The summed E-state index contributed by atoms with van der Waals surface area (Å²) in [6.45, 7) is 0.718. The molecule has 1 aliphatic heterocycles. The Labute approximate surface area is 133 Å². The van der Waals surface area contributed by atoms with E-state index in [0.717, 1.165) is 30.8 Å². The molecule has 3 aromatic rings. The van der Waals surface area contributed by atoms with Crippen molar-refractivity contribution in [2.45, 2.75) is 18.9 Å². The number of aromatic nitrogens is 3. The molecular formula is C17H16N4O2. The molecule has 0 radical (unpaired) electrons. The van der Waals surface area contributed by atoms with E-state index in [0.29, 0.717) is 11.4 Å². The van der Waals surface area contributed by atoms with Crippen molar-refractivity contribution in [3.63, 3.8) is 0 Å². The van der Waals surface area contributed by atoms with E-state index >= 15 is 0 Å². The molecule has 116 valence electrons. The molecule has 4 rings (SSSR count). The van der Waals surface area contributed by atoms with Gasteiger partial charge < -0.3 is 9.32 Å². The molecule has 1 N–H and O–H groups in total. The fourth-order valence-corrected chi connectivity index (χ4v) is 2.99. The molecule has 1 fully saturated rings. The number of likely N-dealkylation sites (tertiary alicyclic amines) is 1. The Morgan fingerprint density at radius 2 is 2.13 bits per heavy atom. The quantitative estimate of drug-likeness (QED) is 0.807.